The van der Waals surface area contributed by atoms with Gasteiger partial charge in [-0.3, -0.25) is 4.79 Å². The molecule has 0 fully saturated rings. The molecule has 0 spiro atoms. The molecule has 0 aliphatic carbocycles. The zero-order valence-electron chi connectivity index (χ0n) is 15.2. The SMILES string of the molecule is Cn1c(-c2cccc(NC(=O)c3cc4ccccc4o3)c2)nc2ccccc21. The summed E-state index contributed by atoms with van der Waals surface area (Å²) in [5, 5.41) is 3.82. The molecule has 28 heavy (non-hydrogen) atoms. The highest BCUT2D eigenvalue weighted by molar-refractivity contribution is 6.04. The highest BCUT2D eigenvalue weighted by Crippen LogP contribution is 2.26. The van der Waals surface area contributed by atoms with Crippen LogP contribution in [0.4, 0.5) is 5.69 Å². The number of furan rings is 1. The van der Waals surface area contributed by atoms with Crippen LogP contribution < -0.4 is 5.32 Å². The fraction of sp³-hybridized carbons (Fsp3) is 0.0435. The molecular weight excluding hydrogens is 350 g/mol. The van der Waals surface area contributed by atoms with Crippen LogP contribution in [0, 0.1) is 0 Å². The molecule has 0 saturated heterocycles. The summed E-state index contributed by atoms with van der Waals surface area (Å²) in [5.74, 6) is 0.855. The number of anilines is 1. The average molecular weight is 367 g/mol. The van der Waals surface area contributed by atoms with Gasteiger partial charge in [0.1, 0.15) is 11.4 Å². The van der Waals surface area contributed by atoms with Gasteiger partial charge in [0.15, 0.2) is 5.76 Å². The molecule has 1 amide bonds. The summed E-state index contributed by atoms with van der Waals surface area (Å²) in [6.07, 6.45) is 0. The number of nitrogens with one attached hydrogen (secondary N) is 1. The maximum atomic E-state index is 12.6. The van der Waals surface area contributed by atoms with Gasteiger partial charge in [-0.15, -0.1) is 0 Å². The van der Waals surface area contributed by atoms with E-state index in [1.165, 1.54) is 0 Å². The summed E-state index contributed by atoms with van der Waals surface area (Å²) in [6.45, 7) is 0. The second-order valence-corrected chi connectivity index (χ2v) is 6.67. The van der Waals surface area contributed by atoms with Crippen molar-refractivity contribution in [2.75, 3.05) is 5.32 Å². The minimum Gasteiger partial charge on any atom is -0.451 e. The first kappa shape index (κ1) is 16.3. The van der Waals surface area contributed by atoms with Gasteiger partial charge in [0.2, 0.25) is 0 Å². The van der Waals surface area contributed by atoms with Crippen molar-refractivity contribution in [1.82, 2.24) is 9.55 Å². The normalized spacial score (nSPS) is 11.2. The van der Waals surface area contributed by atoms with Crippen molar-refractivity contribution in [2.24, 2.45) is 7.05 Å². The lowest BCUT2D eigenvalue weighted by atomic mass is 10.2. The molecule has 0 bridgehead atoms. The third kappa shape index (κ3) is 2.74. The number of hydrogen-bond acceptors (Lipinski definition) is 3. The number of nitrogens with zero attached hydrogens (tertiary/aromatic N) is 2. The summed E-state index contributed by atoms with van der Waals surface area (Å²) >= 11 is 0. The minimum absolute atomic E-state index is 0.279. The molecule has 0 radical (unpaired) electrons. The van der Waals surface area contributed by atoms with Gasteiger partial charge in [0.05, 0.1) is 11.0 Å². The highest BCUT2D eigenvalue weighted by atomic mass is 16.3. The molecule has 0 aliphatic rings. The second kappa shape index (κ2) is 6.39. The van der Waals surface area contributed by atoms with Gasteiger partial charge in [-0.25, -0.2) is 4.98 Å². The average Bonchev–Trinajstić information content (AvgIpc) is 3.30. The summed E-state index contributed by atoms with van der Waals surface area (Å²) in [4.78, 5) is 17.3. The Morgan fingerprint density at radius 3 is 2.64 bits per heavy atom. The van der Waals surface area contributed by atoms with E-state index in [0.29, 0.717) is 11.3 Å². The Kier molecular flexibility index (Phi) is 3.72. The standard InChI is InChI=1S/C23H17N3O2/c1-26-19-11-4-3-10-18(19)25-22(26)16-8-6-9-17(13-16)24-23(27)21-14-15-7-2-5-12-20(15)28-21/h2-14H,1H3,(H,24,27). The molecule has 5 heteroatoms. The quantitative estimate of drug-likeness (QED) is 0.474. The zero-order chi connectivity index (χ0) is 19.1. The molecule has 3 aromatic carbocycles. The number of aromatic nitrogens is 2. The van der Waals surface area contributed by atoms with E-state index in [1.54, 1.807) is 6.07 Å². The van der Waals surface area contributed by atoms with Crippen LogP contribution in [-0.2, 0) is 7.05 Å². The second-order valence-electron chi connectivity index (χ2n) is 6.67. The maximum Gasteiger partial charge on any atom is 0.291 e. The summed E-state index contributed by atoms with van der Waals surface area (Å²) in [7, 11) is 1.99. The zero-order valence-corrected chi connectivity index (χ0v) is 15.2. The third-order valence-electron chi connectivity index (χ3n) is 4.82. The van der Waals surface area contributed by atoms with E-state index in [9.17, 15) is 4.79 Å². The topological polar surface area (TPSA) is 60.1 Å². The molecular formula is C23H17N3O2. The van der Waals surface area contributed by atoms with Crippen molar-refractivity contribution in [3.8, 4) is 11.4 Å². The van der Waals surface area contributed by atoms with E-state index < -0.39 is 0 Å². The summed E-state index contributed by atoms with van der Waals surface area (Å²) < 4.78 is 7.70. The van der Waals surface area contributed by atoms with Gasteiger partial charge in [0, 0.05) is 23.7 Å². The first-order valence-corrected chi connectivity index (χ1v) is 9.01. The number of aryl methyl sites for hydroxylation is 1. The number of amides is 1. The number of benzene rings is 3. The fourth-order valence-electron chi connectivity index (χ4n) is 3.43. The molecule has 5 rings (SSSR count). The molecule has 0 unspecified atom stereocenters. The van der Waals surface area contributed by atoms with E-state index in [1.807, 2.05) is 79.8 Å². The van der Waals surface area contributed by atoms with Crippen LogP contribution in [0.25, 0.3) is 33.4 Å². The van der Waals surface area contributed by atoms with Gasteiger partial charge in [-0.05, 0) is 36.4 Å². The molecule has 2 heterocycles. The molecule has 0 aliphatic heterocycles. The number of para-hydroxylation sites is 3. The van der Waals surface area contributed by atoms with Crippen LogP contribution in [-0.4, -0.2) is 15.5 Å². The number of fused-ring (bicyclic) bond motifs is 2. The van der Waals surface area contributed by atoms with Gasteiger partial charge >= 0.3 is 0 Å². The first-order valence-electron chi connectivity index (χ1n) is 9.01. The van der Waals surface area contributed by atoms with Crippen LogP contribution in [0.3, 0.4) is 0 Å². The summed E-state index contributed by atoms with van der Waals surface area (Å²) in [6, 6.07) is 25.0. The van der Waals surface area contributed by atoms with Crippen molar-refractivity contribution >= 4 is 33.6 Å². The lowest BCUT2D eigenvalue weighted by Crippen LogP contribution is -2.10. The highest BCUT2D eigenvalue weighted by Gasteiger charge is 2.14. The predicted molar refractivity (Wildman–Crippen MR) is 110 cm³/mol. The molecule has 0 saturated carbocycles. The van der Waals surface area contributed by atoms with Crippen LogP contribution >= 0.6 is 0 Å². The Labute approximate surface area is 161 Å². The first-order chi connectivity index (χ1) is 13.7. The van der Waals surface area contributed by atoms with Crippen molar-refractivity contribution in [3.05, 3.63) is 84.6 Å². The summed E-state index contributed by atoms with van der Waals surface area (Å²) in [5.41, 5.74) is 4.32. The van der Waals surface area contributed by atoms with Gasteiger partial charge in [-0.1, -0.05) is 42.5 Å². The van der Waals surface area contributed by atoms with Crippen molar-refractivity contribution in [2.45, 2.75) is 0 Å². The number of rotatable bonds is 3. The molecule has 1 N–H and O–H groups in total. The number of carbonyl (C=O) groups excluding carboxylic acids is 1. The van der Waals surface area contributed by atoms with Crippen LogP contribution in [0.1, 0.15) is 10.6 Å². The Morgan fingerprint density at radius 2 is 1.79 bits per heavy atom. The Bertz CT molecular complexity index is 1300. The van der Waals surface area contributed by atoms with Crippen LogP contribution in [0.15, 0.2) is 83.3 Å². The smallest absolute Gasteiger partial charge is 0.291 e. The van der Waals surface area contributed by atoms with Crippen molar-refractivity contribution in [1.29, 1.82) is 0 Å². The van der Waals surface area contributed by atoms with Crippen LogP contribution in [0.2, 0.25) is 0 Å². The van der Waals surface area contributed by atoms with Gasteiger partial charge < -0.3 is 14.3 Å². The van der Waals surface area contributed by atoms with E-state index in [4.69, 9.17) is 9.40 Å². The molecule has 0 atom stereocenters. The minimum atomic E-state index is -0.279. The largest absolute Gasteiger partial charge is 0.451 e. The lowest BCUT2D eigenvalue weighted by molar-refractivity contribution is 0.0998. The molecule has 5 nitrogen and oxygen atoms in total. The maximum absolute atomic E-state index is 12.6. The fourth-order valence-corrected chi connectivity index (χ4v) is 3.43. The van der Waals surface area contributed by atoms with Crippen LogP contribution in [0.5, 0.6) is 0 Å². The van der Waals surface area contributed by atoms with E-state index >= 15 is 0 Å². The monoisotopic (exact) mass is 367 g/mol. The molecule has 5 aromatic rings. The predicted octanol–water partition coefficient (Wildman–Crippen LogP) is 5.24. The number of imidazole rings is 1. The number of carbonyl (C=O) groups is 1. The Balaban J connectivity index is 1.46. The lowest BCUT2D eigenvalue weighted by Gasteiger charge is -2.07. The van der Waals surface area contributed by atoms with E-state index in [0.717, 1.165) is 27.8 Å². The number of hydrogen-bond donors (Lipinski definition) is 1. The van der Waals surface area contributed by atoms with Gasteiger partial charge in [0.25, 0.3) is 5.91 Å². The Morgan fingerprint density at radius 1 is 0.964 bits per heavy atom. The molecule has 2 aromatic heterocycles. The van der Waals surface area contributed by atoms with E-state index in [2.05, 4.69) is 9.88 Å². The van der Waals surface area contributed by atoms with Gasteiger partial charge in [-0.2, -0.15) is 0 Å². The van der Waals surface area contributed by atoms with Crippen molar-refractivity contribution in [3.63, 3.8) is 0 Å². The Hall–Kier alpha value is -3.86. The molecule has 136 valence electrons. The third-order valence-corrected chi connectivity index (χ3v) is 4.82. The van der Waals surface area contributed by atoms with E-state index in [-0.39, 0.29) is 11.7 Å². The van der Waals surface area contributed by atoms with Crippen molar-refractivity contribution < 1.29 is 9.21 Å².